The van der Waals surface area contributed by atoms with Crippen molar-refractivity contribution in [2.24, 2.45) is 5.92 Å². The number of halogens is 3. The molecule has 176 valence electrons. The number of hydrogen-bond donors (Lipinski definition) is 2. The van der Waals surface area contributed by atoms with Crippen molar-refractivity contribution in [1.82, 2.24) is 24.1 Å². The number of rotatable bonds is 5. The van der Waals surface area contributed by atoms with Crippen LogP contribution in [-0.2, 0) is 14.8 Å². The monoisotopic (exact) mass is 482 g/mol. The largest absolute Gasteiger partial charge is 0.511 e. The highest BCUT2D eigenvalue weighted by molar-refractivity contribution is 7.90. The van der Waals surface area contributed by atoms with Crippen LogP contribution in [-0.4, -0.2) is 57.0 Å². The molecule has 9 nitrogen and oxygen atoms in total. The predicted octanol–water partition coefficient (Wildman–Crippen LogP) is 3.26. The molecule has 0 unspecified atom stereocenters. The van der Waals surface area contributed by atoms with Crippen molar-refractivity contribution in [2.75, 3.05) is 18.4 Å². The minimum absolute atomic E-state index is 0.0318. The van der Waals surface area contributed by atoms with E-state index in [0.717, 1.165) is 29.4 Å². The van der Waals surface area contributed by atoms with Crippen molar-refractivity contribution >= 4 is 32.8 Å². The molecule has 0 radical (unpaired) electrons. The number of H-pyrrole nitrogens is 1. The maximum absolute atomic E-state index is 12.8. The van der Waals surface area contributed by atoms with Gasteiger partial charge in [-0.3, -0.25) is 9.48 Å². The van der Waals surface area contributed by atoms with Gasteiger partial charge in [0.05, 0.1) is 12.2 Å². The first kappa shape index (κ1) is 21.9. The summed E-state index contributed by atoms with van der Waals surface area (Å²) in [6.45, 7) is -0.452. The van der Waals surface area contributed by atoms with Gasteiger partial charge in [-0.25, -0.2) is 13.4 Å². The van der Waals surface area contributed by atoms with Crippen LogP contribution in [0.2, 0.25) is 0 Å². The van der Waals surface area contributed by atoms with Crippen LogP contribution in [0.15, 0.2) is 30.7 Å². The molecule has 1 saturated carbocycles. The first-order valence-corrected chi connectivity index (χ1v) is 12.0. The number of nitrogens with zero attached hydrogens (tertiary/aromatic N) is 4. The molecule has 1 aliphatic carbocycles. The quantitative estimate of drug-likeness (QED) is 0.580. The van der Waals surface area contributed by atoms with Gasteiger partial charge in [0, 0.05) is 42.4 Å². The van der Waals surface area contributed by atoms with Gasteiger partial charge in [-0.1, -0.05) is 0 Å². The Morgan fingerprint density at radius 1 is 1.18 bits per heavy atom. The Morgan fingerprint density at radius 3 is 2.58 bits per heavy atom. The Balaban J connectivity index is 1.36. The van der Waals surface area contributed by atoms with Crippen molar-refractivity contribution in [3.05, 3.63) is 30.7 Å². The van der Waals surface area contributed by atoms with Crippen LogP contribution >= 0.6 is 0 Å². The van der Waals surface area contributed by atoms with Gasteiger partial charge in [0.1, 0.15) is 11.5 Å². The number of fused-ring (bicyclic) bond motifs is 1. The molecular weight excluding hydrogens is 461 g/mol. The molecule has 1 amide bonds. The minimum Gasteiger partial charge on any atom is -0.346 e. The third-order valence-corrected chi connectivity index (χ3v) is 7.70. The van der Waals surface area contributed by atoms with E-state index in [1.165, 1.54) is 0 Å². The van der Waals surface area contributed by atoms with Crippen LogP contribution in [0, 0.1) is 5.92 Å². The number of aromatic amines is 1. The van der Waals surface area contributed by atoms with Gasteiger partial charge in [-0.05, 0) is 43.4 Å². The fraction of sp³-hybridized carbons (Fsp3) is 0.450. The van der Waals surface area contributed by atoms with E-state index in [1.54, 1.807) is 29.3 Å². The summed E-state index contributed by atoms with van der Waals surface area (Å²) >= 11 is 0. The van der Waals surface area contributed by atoms with Crippen molar-refractivity contribution < 1.29 is 26.4 Å². The lowest BCUT2D eigenvalue weighted by Crippen LogP contribution is -2.45. The summed E-state index contributed by atoms with van der Waals surface area (Å²) in [7, 11) is -5.32. The number of carbonyl (C=O) groups is 1. The van der Waals surface area contributed by atoms with Gasteiger partial charge in [0.2, 0.25) is 5.91 Å². The highest BCUT2D eigenvalue weighted by Gasteiger charge is 2.50. The molecule has 3 aromatic heterocycles. The highest BCUT2D eigenvalue weighted by Crippen LogP contribution is 2.35. The third-order valence-electron chi connectivity index (χ3n) is 6.07. The maximum Gasteiger partial charge on any atom is 0.511 e. The van der Waals surface area contributed by atoms with E-state index in [0.29, 0.717) is 15.8 Å². The van der Waals surface area contributed by atoms with Crippen LogP contribution in [0.1, 0.15) is 31.7 Å². The zero-order chi connectivity index (χ0) is 23.4. The molecular formula is C20H21F3N6O3S. The molecule has 2 fully saturated rings. The summed E-state index contributed by atoms with van der Waals surface area (Å²) in [5.41, 5.74) is -3.13. The summed E-state index contributed by atoms with van der Waals surface area (Å²) in [5, 5.41) is 8.06. The van der Waals surface area contributed by atoms with Gasteiger partial charge >= 0.3 is 15.5 Å². The van der Waals surface area contributed by atoms with Crippen molar-refractivity contribution in [3.8, 4) is 11.1 Å². The number of piperidine rings is 1. The number of anilines is 1. The second kappa shape index (κ2) is 7.83. The number of pyridine rings is 1. The number of amides is 1. The van der Waals surface area contributed by atoms with Crippen LogP contribution in [0.3, 0.4) is 0 Å². The van der Waals surface area contributed by atoms with E-state index in [-0.39, 0.29) is 43.8 Å². The van der Waals surface area contributed by atoms with E-state index >= 15 is 0 Å². The molecule has 1 saturated heterocycles. The van der Waals surface area contributed by atoms with Gasteiger partial charge in [-0.15, -0.1) is 0 Å². The highest BCUT2D eigenvalue weighted by atomic mass is 32.2. The Morgan fingerprint density at radius 2 is 1.91 bits per heavy atom. The molecule has 13 heteroatoms. The number of aromatic nitrogens is 4. The summed E-state index contributed by atoms with van der Waals surface area (Å²) in [4.78, 5) is 19.7. The molecule has 1 aliphatic heterocycles. The molecule has 0 spiro atoms. The second-order valence-corrected chi connectivity index (χ2v) is 10.3. The standard InChI is InChI=1S/C20H21F3N6O3S/c21-20(22,23)33(31,32)28-7-4-14(5-8-28)29-11-13(10-25-29)16-9-17(27-19(30)12-1-2-12)26-18-15(16)3-6-24-18/h3,6,9-12,14H,1-2,4-5,7-8H2,(H2,24,26,27,30). The molecule has 5 rings (SSSR count). The molecule has 2 N–H and O–H groups in total. The number of carbonyl (C=O) groups excluding carboxylic acids is 1. The zero-order valence-electron chi connectivity index (χ0n) is 17.3. The third kappa shape index (κ3) is 4.10. The van der Waals surface area contributed by atoms with Crippen LogP contribution < -0.4 is 5.32 Å². The zero-order valence-corrected chi connectivity index (χ0v) is 18.2. The lowest BCUT2D eigenvalue weighted by molar-refractivity contribution is -0.117. The predicted molar refractivity (Wildman–Crippen MR) is 113 cm³/mol. The Hall–Kier alpha value is -2.93. The van der Waals surface area contributed by atoms with Crippen LogP contribution in [0.4, 0.5) is 19.0 Å². The SMILES string of the molecule is O=C(Nc1cc(-c2cnn(C3CCN(S(=O)(=O)C(F)(F)F)CC3)c2)c2cc[nH]c2n1)C1CC1. The van der Waals surface area contributed by atoms with E-state index in [1.807, 2.05) is 6.07 Å². The minimum atomic E-state index is -5.32. The number of alkyl halides is 3. The van der Waals surface area contributed by atoms with Crippen LogP contribution in [0.25, 0.3) is 22.2 Å². The van der Waals surface area contributed by atoms with Crippen LogP contribution in [0.5, 0.6) is 0 Å². The molecule has 2 aliphatic rings. The normalized spacial score (nSPS) is 18.6. The average Bonchev–Trinajstić information content (AvgIpc) is 3.32. The van der Waals surface area contributed by atoms with Gasteiger partial charge < -0.3 is 10.3 Å². The summed E-state index contributed by atoms with van der Waals surface area (Å²) in [5.74, 6) is 0.398. The Bertz CT molecular complexity index is 1300. The Kier molecular flexibility index (Phi) is 5.20. The van der Waals surface area contributed by atoms with Crippen molar-refractivity contribution in [2.45, 2.75) is 37.2 Å². The first-order valence-electron chi connectivity index (χ1n) is 10.5. The molecule has 33 heavy (non-hydrogen) atoms. The van der Waals surface area contributed by atoms with E-state index in [2.05, 4.69) is 20.4 Å². The van der Waals surface area contributed by atoms with Gasteiger partial charge in [0.15, 0.2) is 0 Å². The van der Waals surface area contributed by atoms with Gasteiger partial charge in [0.25, 0.3) is 0 Å². The lowest BCUT2D eigenvalue weighted by Gasteiger charge is -2.31. The maximum atomic E-state index is 12.8. The fourth-order valence-electron chi connectivity index (χ4n) is 4.08. The number of hydrogen-bond acceptors (Lipinski definition) is 5. The molecule has 0 bridgehead atoms. The lowest BCUT2D eigenvalue weighted by atomic mass is 10.1. The topological polar surface area (TPSA) is 113 Å². The molecule has 0 aromatic carbocycles. The van der Waals surface area contributed by atoms with Crippen molar-refractivity contribution in [3.63, 3.8) is 0 Å². The Labute approximate surface area is 187 Å². The molecule has 4 heterocycles. The number of nitrogens with one attached hydrogen (secondary N) is 2. The molecule has 3 aromatic rings. The fourth-order valence-corrected chi connectivity index (χ4v) is 5.07. The average molecular weight is 482 g/mol. The van der Waals surface area contributed by atoms with E-state index < -0.39 is 15.5 Å². The first-order chi connectivity index (χ1) is 15.6. The summed E-state index contributed by atoms with van der Waals surface area (Å²) in [6, 6.07) is 3.41. The van der Waals surface area contributed by atoms with E-state index in [4.69, 9.17) is 0 Å². The van der Waals surface area contributed by atoms with Gasteiger partial charge in [-0.2, -0.15) is 22.6 Å². The number of sulfonamides is 1. The molecule has 0 atom stereocenters. The smallest absolute Gasteiger partial charge is 0.346 e. The van der Waals surface area contributed by atoms with Crippen molar-refractivity contribution in [1.29, 1.82) is 0 Å². The second-order valence-electron chi connectivity index (χ2n) is 8.35. The summed E-state index contributed by atoms with van der Waals surface area (Å²) in [6.07, 6.45) is 7.36. The summed E-state index contributed by atoms with van der Waals surface area (Å²) < 4.78 is 63.8. The van der Waals surface area contributed by atoms with E-state index in [9.17, 15) is 26.4 Å².